The van der Waals surface area contributed by atoms with Gasteiger partial charge >= 0.3 is 0 Å². The summed E-state index contributed by atoms with van der Waals surface area (Å²) < 4.78 is 4.92. The first-order chi connectivity index (χ1) is 8.22. The second-order valence-electron chi connectivity index (χ2n) is 2.91. The molecule has 1 rings (SSSR count). The molecule has 0 saturated carbocycles. The summed E-state index contributed by atoms with van der Waals surface area (Å²) in [5.74, 6) is 0.808. The Hall–Kier alpha value is -0.690. The van der Waals surface area contributed by atoms with Gasteiger partial charge < -0.3 is 15.3 Å². The first kappa shape index (κ1) is 22.5. The molecule has 0 spiro atoms. The Kier molecular flexibility index (Phi) is 20.4. The number of aryl methyl sites for hydroxylation is 1. The van der Waals surface area contributed by atoms with E-state index in [1.807, 2.05) is 19.9 Å². The highest BCUT2D eigenvalue weighted by molar-refractivity contribution is 14.0. The van der Waals surface area contributed by atoms with E-state index in [0.29, 0.717) is 12.3 Å². The summed E-state index contributed by atoms with van der Waals surface area (Å²) in [4.78, 5) is 14.7. The predicted molar refractivity (Wildman–Crippen MR) is 88.8 cm³/mol. The second-order valence-corrected chi connectivity index (χ2v) is 2.91. The monoisotopic (exact) mass is 370 g/mol. The van der Waals surface area contributed by atoms with Crippen molar-refractivity contribution in [3.63, 3.8) is 0 Å². The third-order valence-corrected chi connectivity index (χ3v) is 1.77. The number of pyridine rings is 1. The predicted octanol–water partition coefficient (Wildman–Crippen LogP) is 3.08. The van der Waals surface area contributed by atoms with Crippen LogP contribution in [0.3, 0.4) is 0 Å². The number of halogens is 1. The van der Waals surface area contributed by atoms with Gasteiger partial charge in [0.25, 0.3) is 0 Å². The highest BCUT2D eigenvalue weighted by Gasteiger charge is 1.97. The first-order valence-corrected chi connectivity index (χ1v) is 5.78. The molecule has 18 heavy (non-hydrogen) atoms. The fraction of sp³-hybridized carbons (Fsp3) is 0.538. The van der Waals surface area contributed by atoms with E-state index >= 15 is 0 Å². The van der Waals surface area contributed by atoms with Crippen molar-refractivity contribution in [2.75, 3.05) is 14.2 Å². The van der Waals surface area contributed by atoms with Gasteiger partial charge in [-0.25, -0.2) is 4.98 Å². The van der Waals surface area contributed by atoms with Crippen molar-refractivity contribution < 1.29 is 11.0 Å². The van der Waals surface area contributed by atoms with Crippen LogP contribution in [0.25, 0.3) is 0 Å². The van der Waals surface area contributed by atoms with E-state index in [1.54, 1.807) is 26.3 Å². The number of Topliss-reactive ketones (excluding diaryl/α,β-unsaturated/α-hetero) is 1. The van der Waals surface area contributed by atoms with E-state index in [1.165, 1.54) is 7.05 Å². The number of aromatic nitrogens is 1. The Labute approximate surface area is 129 Å². The molecule has 0 aliphatic heterocycles. The maximum absolute atomic E-state index is 10.7. The van der Waals surface area contributed by atoms with Gasteiger partial charge in [-0.3, -0.25) is 0 Å². The number of nitrogens with zero attached hydrogens (tertiary/aromatic N) is 1. The lowest BCUT2D eigenvalue weighted by atomic mass is 10.1. The van der Waals surface area contributed by atoms with Crippen molar-refractivity contribution in [3.05, 3.63) is 23.9 Å². The molecule has 0 radical (unpaired) electrons. The molecule has 0 bridgehead atoms. The van der Waals surface area contributed by atoms with Gasteiger partial charge in [-0.05, 0) is 26.0 Å². The normalized spacial score (nSPS) is 7.67. The molecule has 1 aromatic rings. The number of ketones is 1. The molecule has 0 saturated heterocycles. The average molecular weight is 370 g/mol. The molecule has 1 heterocycles. The summed E-state index contributed by atoms with van der Waals surface area (Å²) in [6, 6.07) is 3.73. The standard InChI is InChI=1S/C10H13NO2.C2H6.CH5N.HI.H2/c1-8(12)3-4-9-5-6-10(13-2)11-7-9;2*1-2;;/h5-7H,3-4H2,1-2H3;1-2H3;2H2,1H3;2*1H. The zero-order chi connectivity index (χ0) is 13.7. The number of hydrogen-bond donors (Lipinski definition) is 1. The number of nitrogens with two attached hydrogens (primary N) is 1. The van der Waals surface area contributed by atoms with Crippen LogP contribution in [0.15, 0.2) is 18.3 Å². The lowest BCUT2D eigenvalue weighted by Gasteiger charge is -2.00. The van der Waals surface area contributed by atoms with E-state index in [0.717, 1.165) is 12.0 Å². The molecule has 1 aromatic heterocycles. The molecule has 0 aliphatic carbocycles. The fourth-order valence-electron chi connectivity index (χ4n) is 1.000. The number of methoxy groups -OCH3 is 1. The van der Waals surface area contributed by atoms with Crippen LogP contribution in [-0.4, -0.2) is 24.9 Å². The van der Waals surface area contributed by atoms with Gasteiger partial charge in [0, 0.05) is 20.1 Å². The third kappa shape index (κ3) is 11.8. The van der Waals surface area contributed by atoms with E-state index in [9.17, 15) is 4.79 Å². The molecule has 5 heteroatoms. The van der Waals surface area contributed by atoms with Gasteiger partial charge in [-0.2, -0.15) is 0 Å². The van der Waals surface area contributed by atoms with Crippen molar-refractivity contribution in [2.24, 2.45) is 5.73 Å². The summed E-state index contributed by atoms with van der Waals surface area (Å²) >= 11 is 0. The zero-order valence-corrected chi connectivity index (χ0v) is 14.2. The lowest BCUT2D eigenvalue weighted by molar-refractivity contribution is -0.116. The summed E-state index contributed by atoms with van der Waals surface area (Å²) in [5.41, 5.74) is 5.57. The van der Waals surface area contributed by atoms with E-state index < -0.39 is 0 Å². The van der Waals surface area contributed by atoms with Gasteiger partial charge in [0.15, 0.2) is 0 Å². The number of carbonyl (C=O) groups is 1. The molecule has 2 N–H and O–H groups in total. The van der Waals surface area contributed by atoms with Crippen LogP contribution in [0.5, 0.6) is 5.88 Å². The molecule has 0 unspecified atom stereocenters. The number of hydrogen-bond acceptors (Lipinski definition) is 4. The fourth-order valence-corrected chi connectivity index (χ4v) is 1.000. The highest BCUT2D eigenvalue weighted by atomic mass is 127. The minimum absolute atomic E-state index is 0. The van der Waals surface area contributed by atoms with Crippen molar-refractivity contribution in [1.29, 1.82) is 0 Å². The molecule has 0 amide bonds. The van der Waals surface area contributed by atoms with Crippen LogP contribution in [0, 0.1) is 0 Å². The Bertz CT molecular complexity index is 295. The average Bonchev–Trinajstić information content (AvgIpc) is 2.41. The van der Waals surface area contributed by atoms with Crippen molar-refractivity contribution in [2.45, 2.75) is 33.6 Å². The highest BCUT2D eigenvalue weighted by Crippen LogP contribution is 2.08. The molecule has 0 aromatic carbocycles. The van der Waals surface area contributed by atoms with Crippen molar-refractivity contribution >= 4 is 29.8 Å². The van der Waals surface area contributed by atoms with Gasteiger partial charge in [0.2, 0.25) is 5.88 Å². The van der Waals surface area contributed by atoms with Crippen LogP contribution in [0.1, 0.15) is 34.2 Å². The van der Waals surface area contributed by atoms with Crippen LogP contribution in [0.4, 0.5) is 0 Å². The Morgan fingerprint density at radius 3 is 2.28 bits per heavy atom. The van der Waals surface area contributed by atoms with E-state index in [4.69, 9.17) is 4.74 Å². The number of ether oxygens (including phenoxy) is 1. The zero-order valence-electron chi connectivity index (χ0n) is 11.9. The summed E-state index contributed by atoms with van der Waals surface area (Å²) in [5, 5.41) is 0. The largest absolute Gasteiger partial charge is 0.481 e. The minimum Gasteiger partial charge on any atom is -0.481 e. The SMILES string of the molecule is CC.CN.COc1ccc(CCC(C)=O)cn1.I.[HH]. The molecular formula is C13H27IN2O2. The van der Waals surface area contributed by atoms with Crippen molar-refractivity contribution in [1.82, 2.24) is 4.98 Å². The maximum Gasteiger partial charge on any atom is 0.212 e. The van der Waals surface area contributed by atoms with Crippen molar-refractivity contribution in [3.8, 4) is 5.88 Å². The summed E-state index contributed by atoms with van der Waals surface area (Å²) in [6.45, 7) is 5.59. The Morgan fingerprint density at radius 2 is 1.94 bits per heavy atom. The van der Waals surface area contributed by atoms with Gasteiger partial charge in [0.05, 0.1) is 7.11 Å². The molecule has 0 aliphatic rings. The molecular weight excluding hydrogens is 343 g/mol. The molecule has 0 fully saturated rings. The summed E-state index contributed by atoms with van der Waals surface area (Å²) in [6.07, 6.45) is 3.07. The smallest absolute Gasteiger partial charge is 0.212 e. The lowest BCUT2D eigenvalue weighted by Crippen LogP contribution is -1.95. The van der Waals surface area contributed by atoms with E-state index in [2.05, 4.69) is 10.7 Å². The number of rotatable bonds is 4. The van der Waals surface area contributed by atoms with Gasteiger partial charge in [-0.15, -0.1) is 24.0 Å². The van der Waals surface area contributed by atoms with Gasteiger partial charge in [0.1, 0.15) is 5.78 Å². The van der Waals surface area contributed by atoms with Crippen LogP contribution < -0.4 is 10.5 Å². The quantitative estimate of drug-likeness (QED) is 0.828. The maximum atomic E-state index is 10.7. The minimum atomic E-state index is 0. The second kappa shape index (κ2) is 16.3. The molecule has 4 nitrogen and oxygen atoms in total. The molecule has 108 valence electrons. The topological polar surface area (TPSA) is 65.2 Å². The Morgan fingerprint density at radius 1 is 1.39 bits per heavy atom. The summed E-state index contributed by atoms with van der Waals surface area (Å²) in [7, 11) is 3.08. The van der Waals surface area contributed by atoms with Gasteiger partial charge in [-0.1, -0.05) is 19.9 Å². The number of carbonyl (C=O) groups excluding carboxylic acids is 1. The van der Waals surface area contributed by atoms with Crippen LogP contribution >= 0.6 is 24.0 Å². The Balaban J connectivity index is -0.000000171. The van der Waals surface area contributed by atoms with Crippen LogP contribution in [-0.2, 0) is 11.2 Å². The third-order valence-electron chi connectivity index (χ3n) is 1.77. The van der Waals surface area contributed by atoms with Crippen LogP contribution in [0.2, 0.25) is 0 Å². The molecule has 0 atom stereocenters. The first-order valence-electron chi connectivity index (χ1n) is 5.78. The van der Waals surface area contributed by atoms with E-state index in [-0.39, 0.29) is 31.2 Å².